The summed E-state index contributed by atoms with van der Waals surface area (Å²) in [5.41, 5.74) is 2.19. The Bertz CT molecular complexity index is 709. The van der Waals surface area contributed by atoms with E-state index >= 15 is 0 Å². The number of rotatable bonds is 2. The van der Waals surface area contributed by atoms with Crippen molar-refractivity contribution in [1.82, 2.24) is 9.97 Å². The van der Waals surface area contributed by atoms with Crippen molar-refractivity contribution in [2.75, 3.05) is 0 Å². The summed E-state index contributed by atoms with van der Waals surface area (Å²) in [6, 6.07) is 7.18. The molecule has 3 aromatic rings. The zero-order valence-electron chi connectivity index (χ0n) is 9.62. The fourth-order valence-electron chi connectivity index (χ4n) is 1.68. The molecule has 5 heteroatoms. The van der Waals surface area contributed by atoms with Crippen LogP contribution in [-0.4, -0.2) is 15.1 Å². The van der Waals surface area contributed by atoms with Crippen molar-refractivity contribution >= 4 is 33.3 Å². The molecule has 0 saturated heterocycles. The molecule has 0 aliphatic rings. The van der Waals surface area contributed by atoms with E-state index in [1.807, 2.05) is 12.1 Å². The molecule has 1 N–H and O–H groups in total. The van der Waals surface area contributed by atoms with Crippen LogP contribution < -0.4 is 0 Å². The number of aromatic hydroxyl groups is 1. The van der Waals surface area contributed by atoms with Crippen LogP contribution >= 0.6 is 23.1 Å². The van der Waals surface area contributed by atoms with E-state index in [-0.39, 0.29) is 5.75 Å². The van der Waals surface area contributed by atoms with Gasteiger partial charge in [-0.1, -0.05) is 17.8 Å². The molecule has 0 unspecified atom stereocenters. The lowest BCUT2D eigenvalue weighted by Crippen LogP contribution is -1.84. The number of phenolic OH excluding ortho intramolecular Hbond substituents is 1. The minimum atomic E-state index is 0.271. The Balaban J connectivity index is 2.05. The largest absolute Gasteiger partial charge is 0.508 e. The smallest absolute Gasteiger partial charge is 0.122 e. The first-order valence-corrected chi connectivity index (χ1v) is 7.09. The fraction of sp³-hybridized carbons (Fsp3) is 0.0769. The van der Waals surface area contributed by atoms with Gasteiger partial charge >= 0.3 is 0 Å². The second-order valence-corrected chi connectivity index (χ2v) is 5.82. The van der Waals surface area contributed by atoms with Crippen LogP contribution in [0.25, 0.3) is 10.2 Å². The third kappa shape index (κ3) is 2.07. The molecule has 0 aliphatic carbocycles. The Morgan fingerprint density at radius 3 is 3.00 bits per heavy atom. The first-order chi connectivity index (χ1) is 8.74. The molecule has 0 amide bonds. The summed E-state index contributed by atoms with van der Waals surface area (Å²) < 4.78 is 1.10. The summed E-state index contributed by atoms with van der Waals surface area (Å²) in [4.78, 5) is 9.60. The minimum Gasteiger partial charge on any atom is -0.508 e. The molecule has 1 aromatic carbocycles. The molecular formula is C13H10N2OS2. The molecule has 0 bridgehead atoms. The van der Waals surface area contributed by atoms with E-state index in [4.69, 9.17) is 0 Å². The zero-order valence-corrected chi connectivity index (χ0v) is 11.3. The summed E-state index contributed by atoms with van der Waals surface area (Å²) in [6.07, 6.45) is 1.59. The predicted molar refractivity (Wildman–Crippen MR) is 74.4 cm³/mol. The van der Waals surface area contributed by atoms with Gasteiger partial charge in [0.05, 0.1) is 10.2 Å². The maximum atomic E-state index is 9.46. The van der Waals surface area contributed by atoms with Crippen molar-refractivity contribution in [3.05, 3.63) is 41.5 Å². The Kier molecular flexibility index (Phi) is 2.93. The molecule has 0 aliphatic heterocycles. The molecule has 0 saturated carbocycles. The van der Waals surface area contributed by atoms with Gasteiger partial charge in [0, 0.05) is 4.90 Å². The van der Waals surface area contributed by atoms with Gasteiger partial charge in [0.15, 0.2) is 0 Å². The maximum Gasteiger partial charge on any atom is 0.122 e. The average molecular weight is 274 g/mol. The number of fused-ring (bicyclic) bond motifs is 1. The van der Waals surface area contributed by atoms with Crippen LogP contribution in [0.5, 0.6) is 5.75 Å². The Labute approximate surface area is 113 Å². The van der Waals surface area contributed by atoms with Crippen molar-refractivity contribution < 1.29 is 5.11 Å². The number of aryl methyl sites for hydroxylation is 1. The molecular weight excluding hydrogens is 264 g/mol. The highest BCUT2D eigenvalue weighted by atomic mass is 32.2. The number of nitrogens with zero attached hydrogens (tertiary/aromatic N) is 2. The molecule has 0 spiro atoms. The number of aromatic nitrogens is 2. The second kappa shape index (κ2) is 4.59. The van der Waals surface area contributed by atoms with Gasteiger partial charge in [-0.3, -0.25) is 0 Å². The third-order valence-electron chi connectivity index (χ3n) is 2.53. The molecule has 18 heavy (non-hydrogen) atoms. The van der Waals surface area contributed by atoms with Crippen molar-refractivity contribution in [3.63, 3.8) is 0 Å². The molecule has 3 rings (SSSR count). The van der Waals surface area contributed by atoms with Crippen molar-refractivity contribution in [2.45, 2.75) is 16.8 Å². The Morgan fingerprint density at radius 1 is 1.28 bits per heavy atom. The van der Waals surface area contributed by atoms with Crippen molar-refractivity contribution in [1.29, 1.82) is 0 Å². The standard InChI is InChI=1S/C13H10N2OS2/c1-8-6-17-12-11(8)14-7-15-13(12)18-10-4-2-3-9(16)5-10/h2-7,16H,1H3. The number of benzene rings is 1. The summed E-state index contributed by atoms with van der Waals surface area (Å²) in [5.74, 6) is 0.271. The van der Waals surface area contributed by atoms with Gasteiger partial charge in [0.25, 0.3) is 0 Å². The molecule has 2 heterocycles. The fourth-order valence-corrected chi connectivity index (χ4v) is 3.67. The molecule has 0 radical (unpaired) electrons. The molecule has 3 nitrogen and oxygen atoms in total. The van der Waals surface area contributed by atoms with Crippen LogP contribution in [0.2, 0.25) is 0 Å². The number of thiophene rings is 1. The van der Waals surface area contributed by atoms with Gasteiger partial charge in [0.2, 0.25) is 0 Å². The zero-order chi connectivity index (χ0) is 12.5. The van der Waals surface area contributed by atoms with Gasteiger partial charge in [-0.2, -0.15) is 0 Å². The Morgan fingerprint density at radius 2 is 2.17 bits per heavy atom. The lowest BCUT2D eigenvalue weighted by molar-refractivity contribution is 0.474. The molecule has 0 atom stereocenters. The van der Waals surface area contributed by atoms with E-state index < -0.39 is 0 Å². The van der Waals surface area contributed by atoms with E-state index in [9.17, 15) is 5.11 Å². The normalized spacial score (nSPS) is 10.9. The summed E-state index contributed by atoms with van der Waals surface area (Å²) in [6.45, 7) is 2.05. The van der Waals surface area contributed by atoms with Gasteiger partial charge in [0.1, 0.15) is 17.1 Å². The van der Waals surface area contributed by atoms with Gasteiger partial charge < -0.3 is 5.11 Å². The highest BCUT2D eigenvalue weighted by molar-refractivity contribution is 7.99. The number of hydrogen-bond acceptors (Lipinski definition) is 5. The monoisotopic (exact) mass is 274 g/mol. The van der Waals surface area contributed by atoms with E-state index in [0.29, 0.717) is 0 Å². The number of phenols is 1. The Hall–Kier alpha value is -1.59. The van der Waals surface area contributed by atoms with Crippen LogP contribution in [0.15, 0.2) is 45.9 Å². The second-order valence-electron chi connectivity index (χ2n) is 3.87. The minimum absolute atomic E-state index is 0.271. The lowest BCUT2D eigenvalue weighted by atomic mass is 10.3. The molecule has 0 fully saturated rings. The predicted octanol–water partition coefficient (Wildman–Crippen LogP) is 3.86. The van der Waals surface area contributed by atoms with E-state index in [2.05, 4.69) is 22.3 Å². The van der Waals surface area contributed by atoms with E-state index in [0.717, 1.165) is 20.1 Å². The van der Waals surface area contributed by atoms with Gasteiger partial charge in [-0.05, 0) is 36.1 Å². The lowest BCUT2D eigenvalue weighted by Gasteiger charge is -2.02. The summed E-state index contributed by atoms with van der Waals surface area (Å²) >= 11 is 3.20. The van der Waals surface area contributed by atoms with Crippen LogP contribution in [0.1, 0.15) is 5.56 Å². The number of hydrogen-bond donors (Lipinski definition) is 1. The molecule has 90 valence electrons. The van der Waals surface area contributed by atoms with Crippen LogP contribution in [0.3, 0.4) is 0 Å². The highest BCUT2D eigenvalue weighted by Gasteiger charge is 2.09. The third-order valence-corrected chi connectivity index (χ3v) is 4.75. The highest BCUT2D eigenvalue weighted by Crippen LogP contribution is 2.35. The summed E-state index contributed by atoms with van der Waals surface area (Å²) in [5, 5.41) is 12.5. The van der Waals surface area contributed by atoms with Gasteiger partial charge in [-0.15, -0.1) is 11.3 Å². The topological polar surface area (TPSA) is 46.0 Å². The van der Waals surface area contributed by atoms with Crippen molar-refractivity contribution in [2.24, 2.45) is 0 Å². The van der Waals surface area contributed by atoms with E-state index in [1.165, 1.54) is 5.56 Å². The maximum absolute atomic E-state index is 9.46. The first kappa shape index (κ1) is 11.5. The van der Waals surface area contributed by atoms with Crippen molar-refractivity contribution in [3.8, 4) is 5.75 Å². The van der Waals surface area contributed by atoms with Gasteiger partial charge in [-0.25, -0.2) is 9.97 Å². The van der Waals surface area contributed by atoms with Crippen LogP contribution in [-0.2, 0) is 0 Å². The summed E-state index contributed by atoms with van der Waals surface area (Å²) in [7, 11) is 0. The first-order valence-electron chi connectivity index (χ1n) is 5.40. The van der Waals surface area contributed by atoms with Crippen LogP contribution in [0, 0.1) is 6.92 Å². The molecule has 2 aromatic heterocycles. The average Bonchev–Trinajstić information content (AvgIpc) is 2.73. The SMILES string of the molecule is Cc1csc2c(Sc3cccc(O)c3)ncnc12. The van der Waals surface area contributed by atoms with E-state index in [1.54, 1.807) is 41.6 Å². The quantitative estimate of drug-likeness (QED) is 0.721. The van der Waals surface area contributed by atoms with Crippen LogP contribution in [0.4, 0.5) is 0 Å².